The second kappa shape index (κ2) is 4.57. The molecule has 2 atom stereocenters. The van der Waals surface area contributed by atoms with Gasteiger partial charge < -0.3 is 10.6 Å². The lowest BCUT2D eigenvalue weighted by Crippen LogP contribution is -2.55. The molecule has 2 saturated heterocycles. The van der Waals surface area contributed by atoms with Crippen molar-refractivity contribution in [3.8, 4) is 0 Å². The van der Waals surface area contributed by atoms with Gasteiger partial charge in [0.2, 0.25) is 5.91 Å². The molecule has 0 aliphatic carbocycles. The largest absolute Gasteiger partial charge is 0.341 e. The summed E-state index contributed by atoms with van der Waals surface area (Å²) in [6.45, 7) is 6.00. The monoisotopic (exact) mass is 242 g/mol. The predicted molar refractivity (Wildman–Crippen MR) is 68.4 cm³/mol. The van der Waals surface area contributed by atoms with Crippen LogP contribution in [0.4, 0.5) is 0 Å². The SMILES string of the molecule is CC1(C)CN(C(=O)C2CCCS2)CCC1N. The number of hydrogen-bond donors (Lipinski definition) is 1. The minimum absolute atomic E-state index is 0.0666. The molecule has 2 N–H and O–H groups in total. The van der Waals surface area contributed by atoms with Crippen molar-refractivity contribution in [3.63, 3.8) is 0 Å². The Balaban J connectivity index is 1.97. The molecule has 1 amide bonds. The highest BCUT2D eigenvalue weighted by Gasteiger charge is 2.37. The normalized spacial score (nSPS) is 34.1. The molecule has 0 aromatic heterocycles. The summed E-state index contributed by atoms with van der Waals surface area (Å²) in [6.07, 6.45) is 3.19. The zero-order valence-electron chi connectivity index (χ0n) is 10.2. The Bertz CT molecular complexity index is 274. The number of piperidine rings is 1. The van der Waals surface area contributed by atoms with E-state index in [0.29, 0.717) is 5.91 Å². The van der Waals surface area contributed by atoms with Gasteiger partial charge in [0.15, 0.2) is 0 Å². The third-order valence-electron chi connectivity index (χ3n) is 3.83. The maximum atomic E-state index is 12.3. The molecule has 0 bridgehead atoms. The van der Waals surface area contributed by atoms with E-state index in [1.165, 1.54) is 6.42 Å². The molecule has 0 aromatic carbocycles. The van der Waals surface area contributed by atoms with Crippen LogP contribution in [-0.2, 0) is 4.79 Å². The number of rotatable bonds is 1. The van der Waals surface area contributed by atoms with Crippen molar-refractivity contribution < 1.29 is 4.79 Å². The van der Waals surface area contributed by atoms with Crippen LogP contribution in [-0.4, -0.2) is 40.9 Å². The highest BCUT2D eigenvalue weighted by atomic mass is 32.2. The molecule has 2 heterocycles. The molecule has 0 aromatic rings. The molecule has 0 saturated carbocycles. The first-order chi connectivity index (χ1) is 7.50. The van der Waals surface area contributed by atoms with Gasteiger partial charge >= 0.3 is 0 Å². The summed E-state index contributed by atoms with van der Waals surface area (Å²) in [7, 11) is 0. The second-order valence-electron chi connectivity index (χ2n) is 5.65. The number of thioether (sulfide) groups is 1. The Morgan fingerprint density at radius 3 is 2.75 bits per heavy atom. The van der Waals surface area contributed by atoms with Crippen LogP contribution in [0.5, 0.6) is 0 Å². The highest BCUT2D eigenvalue weighted by molar-refractivity contribution is 8.00. The average molecular weight is 242 g/mol. The maximum absolute atomic E-state index is 12.3. The Hall–Kier alpha value is -0.220. The summed E-state index contributed by atoms with van der Waals surface area (Å²) in [4.78, 5) is 14.3. The lowest BCUT2D eigenvalue weighted by molar-refractivity contribution is -0.134. The lowest BCUT2D eigenvalue weighted by Gasteiger charge is -2.43. The number of amides is 1. The molecular formula is C12H22N2OS. The number of nitrogens with two attached hydrogens (primary N) is 1. The van der Waals surface area contributed by atoms with Crippen molar-refractivity contribution in [2.75, 3.05) is 18.8 Å². The van der Waals surface area contributed by atoms with Crippen LogP contribution in [0.3, 0.4) is 0 Å². The summed E-state index contributed by atoms with van der Waals surface area (Å²) in [5.41, 5.74) is 6.15. The zero-order chi connectivity index (χ0) is 11.8. The van der Waals surface area contributed by atoms with Crippen molar-refractivity contribution in [3.05, 3.63) is 0 Å². The van der Waals surface area contributed by atoms with Gasteiger partial charge in [-0.2, -0.15) is 0 Å². The molecule has 0 radical (unpaired) electrons. The zero-order valence-corrected chi connectivity index (χ0v) is 11.1. The van der Waals surface area contributed by atoms with Gasteiger partial charge in [0.1, 0.15) is 0 Å². The first kappa shape index (κ1) is 12.2. The van der Waals surface area contributed by atoms with Crippen LogP contribution in [0.15, 0.2) is 0 Å². The van der Waals surface area contributed by atoms with Crippen molar-refractivity contribution >= 4 is 17.7 Å². The second-order valence-corrected chi connectivity index (χ2v) is 6.96. The van der Waals surface area contributed by atoms with Crippen LogP contribution in [0.1, 0.15) is 33.1 Å². The van der Waals surface area contributed by atoms with Gasteiger partial charge in [0.25, 0.3) is 0 Å². The first-order valence-corrected chi connectivity index (χ1v) is 7.21. The number of carbonyl (C=O) groups excluding carboxylic acids is 1. The molecule has 0 spiro atoms. The molecular weight excluding hydrogens is 220 g/mol. The van der Waals surface area contributed by atoms with Gasteiger partial charge in [-0.15, -0.1) is 11.8 Å². The molecule has 2 fully saturated rings. The highest BCUT2D eigenvalue weighted by Crippen LogP contribution is 2.32. The average Bonchev–Trinajstić information content (AvgIpc) is 2.74. The van der Waals surface area contributed by atoms with Crippen molar-refractivity contribution in [1.29, 1.82) is 0 Å². The molecule has 2 unspecified atom stereocenters. The fraction of sp³-hybridized carbons (Fsp3) is 0.917. The lowest BCUT2D eigenvalue weighted by atomic mass is 9.79. The molecule has 16 heavy (non-hydrogen) atoms. The van der Waals surface area contributed by atoms with E-state index in [1.807, 2.05) is 16.7 Å². The number of hydrogen-bond acceptors (Lipinski definition) is 3. The number of likely N-dealkylation sites (tertiary alicyclic amines) is 1. The molecule has 3 nitrogen and oxygen atoms in total. The Labute approximate surface area is 102 Å². The van der Waals surface area contributed by atoms with Gasteiger partial charge in [0.05, 0.1) is 5.25 Å². The number of carbonyl (C=O) groups is 1. The van der Waals surface area contributed by atoms with Crippen LogP contribution in [0.2, 0.25) is 0 Å². The molecule has 2 rings (SSSR count). The smallest absolute Gasteiger partial charge is 0.235 e. The third kappa shape index (κ3) is 2.38. The van der Waals surface area contributed by atoms with E-state index in [-0.39, 0.29) is 16.7 Å². The van der Waals surface area contributed by atoms with E-state index in [2.05, 4.69) is 13.8 Å². The standard InChI is InChI=1S/C12H22N2OS/c1-12(2)8-14(6-5-10(12)13)11(15)9-4-3-7-16-9/h9-10H,3-8,13H2,1-2H3. The summed E-state index contributed by atoms with van der Waals surface area (Å²) in [5.74, 6) is 1.50. The van der Waals surface area contributed by atoms with E-state index in [1.54, 1.807) is 0 Å². The van der Waals surface area contributed by atoms with Crippen LogP contribution in [0.25, 0.3) is 0 Å². The summed E-state index contributed by atoms with van der Waals surface area (Å²) >= 11 is 1.82. The minimum atomic E-state index is 0.0666. The quantitative estimate of drug-likeness (QED) is 0.757. The molecule has 2 aliphatic rings. The van der Waals surface area contributed by atoms with Gasteiger partial charge in [-0.05, 0) is 30.4 Å². The van der Waals surface area contributed by atoms with E-state index in [9.17, 15) is 4.79 Å². The summed E-state index contributed by atoms with van der Waals surface area (Å²) in [5, 5.41) is 0.227. The fourth-order valence-electron chi connectivity index (χ4n) is 2.54. The van der Waals surface area contributed by atoms with Crippen molar-refractivity contribution in [2.24, 2.45) is 11.1 Å². The minimum Gasteiger partial charge on any atom is -0.341 e. The summed E-state index contributed by atoms with van der Waals surface area (Å²) in [6, 6.07) is 0.229. The molecule has 4 heteroatoms. The van der Waals surface area contributed by atoms with Gasteiger partial charge in [-0.25, -0.2) is 0 Å². The van der Waals surface area contributed by atoms with E-state index >= 15 is 0 Å². The van der Waals surface area contributed by atoms with E-state index in [0.717, 1.165) is 31.7 Å². The van der Waals surface area contributed by atoms with Gasteiger partial charge in [-0.3, -0.25) is 4.79 Å². The topological polar surface area (TPSA) is 46.3 Å². The first-order valence-electron chi connectivity index (χ1n) is 6.17. The number of nitrogens with zero attached hydrogens (tertiary/aromatic N) is 1. The fourth-order valence-corrected chi connectivity index (χ4v) is 3.78. The van der Waals surface area contributed by atoms with Crippen molar-refractivity contribution in [1.82, 2.24) is 4.90 Å². The van der Waals surface area contributed by atoms with Crippen LogP contribution >= 0.6 is 11.8 Å². The van der Waals surface area contributed by atoms with E-state index in [4.69, 9.17) is 5.73 Å². The maximum Gasteiger partial charge on any atom is 0.235 e. The molecule has 92 valence electrons. The van der Waals surface area contributed by atoms with Gasteiger partial charge in [0, 0.05) is 19.1 Å². The van der Waals surface area contributed by atoms with Crippen molar-refractivity contribution in [2.45, 2.75) is 44.4 Å². The predicted octanol–water partition coefficient (Wildman–Crippen LogP) is 1.47. The Kier molecular flexibility index (Phi) is 3.50. The van der Waals surface area contributed by atoms with E-state index < -0.39 is 0 Å². The molecule has 2 aliphatic heterocycles. The Morgan fingerprint density at radius 1 is 1.44 bits per heavy atom. The summed E-state index contributed by atoms with van der Waals surface area (Å²) < 4.78 is 0. The van der Waals surface area contributed by atoms with Crippen LogP contribution < -0.4 is 5.73 Å². The third-order valence-corrected chi connectivity index (χ3v) is 5.19. The van der Waals surface area contributed by atoms with Gasteiger partial charge in [-0.1, -0.05) is 13.8 Å². The van der Waals surface area contributed by atoms with Crippen LogP contribution in [0, 0.1) is 5.41 Å². The Morgan fingerprint density at radius 2 is 2.19 bits per heavy atom.